The standard InChI is InChI=1S/C23H19ClF2N4O/c1-31-18-8-4-16(5-9-18)15-2-6-17(7-3-15)30-22-19(13-27-30)20(12-21(24)28-22)29-11-10-23(25,26)14-29/h2-9,12-13H,10-11,14H2,1H3. The van der Waals surface area contributed by atoms with Crippen LogP contribution in [0.1, 0.15) is 6.42 Å². The van der Waals surface area contributed by atoms with Crippen molar-refractivity contribution in [1.29, 1.82) is 0 Å². The fourth-order valence-electron chi connectivity index (χ4n) is 3.92. The van der Waals surface area contributed by atoms with E-state index in [1.807, 2.05) is 48.5 Å². The Hall–Kier alpha value is -3.19. The van der Waals surface area contributed by atoms with Crippen LogP contribution in [0.3, 0.4) is 0 Å². The van der Waals surface area contributed by atoms with Crippen LogP contribution in [0, 0.1) is 0 Å². The van der Waals surface area contributed by atoms with E-state index in [9.17, 15) is 8.78 Å². The number of anilines is 1. The van der Waals surface area contributed by atoms with E-state index < -0.39 is 5.92 Å². The van der Waals surface area contributed by atoms with E-state index in [1.54, 1.807) is 29.0 Å². The molecule has 0 radical (unpaired) electrons. The molecule has 0 spiro atoms. The fraction of sp³-hybridized carbons (Fsp3) is 0.217. The molecular weight excluding hydrogens is 422 g/mol. The number of hydrogen-bond acceptors (Lipinski definition) is 4. The van der Waals surface area contributed by atoms with Gasteiger partial charge in [-0.05, 0) is 41.5 Å². The maximum Gasteiger partial charge on any atom is 0.266 e. The van der Waals surface area contributed by atoms with Gasteiger partial charge in [-0.1, -0.05) is 35.9 Å². The van der Waals surface area contributed by atoms with Gasteiger partial charge in [0.2, 0.25) is 0 Å². The third-order valence-electron chi connectivity index (χ3n) is 5.53. The Bertz CT molecular complexity index is 1240. The fourth-order valence-corrected chi connectivity index (χ4v) is 4.11. The van der Waals surface area contributed by atoms with Crippen LogP contribution in [0.4, 0.5) is 14.5 Å². The summed E-state index contributed by atoms with van der Waals surface area (Å²) in [5, 5.41) is 5.41. The number of hydrogen-bond donors (Lipinski definition) is 0. The molecule has 4 aromatic rings. The second-order valence-corrected chi connectivity index (χ2v) is 7.95. The summed E-state index contributed by atoms with van der Waals surface area (Å²) in [5.41, 5.74) is 4.09. The Morgan fingerprint density at radius 3 is 2.32 bits per heavy atom. The summed E-state index contributed by atoms with van der Waals surface area (Å²) in [7, 11) is 1.64. The van der Waals surface area contributed by atoms with E-state index in [1.165, 1.54) is 0 Å². The molecule has 0 aliphatic carbocycles. The minimum Gasteiger partial charge on any atom is -0.497 e. The van der Waals surface area contributed by atoms with Crippen molar-refractivity contribution in [1.82, 2.24) is 14.8 Å². The number of rotatable bonds is 4. The molecule has 1 aliphatic rings. The Kier molecular flexibility index (Phi) is 4.78. The quantitative estimate of drug-likeness (QED) is 0.388. The SMILES string of the molecule is COc1ccc(-c2ccc(-n3ncc4c(N5CCC(F)(F)C5)cc(Cl)nc43)cc2)cc1. The molecule has 5 rings (SSSR count). The molecule has 31 heavy (non-hydrogen) atoms. The molecule has 2 aromatic heterocycles. The summed E-state index contributed by atoms with van der Waals surface area (Å²) < 4.78 is 34.4. The number of ether oxygens (including phenoxy) is 1. The van der Waals surface area contributed by atoms with Gasteiger partial charge in [-0.15, -0.1) is 0 Å². The third kappa shape index (κ3) is 3.70. The highest BCUT2D eigenvalue weighted by Gasteiger charge is 2.39. The number of alkyl halides is 2. The van der Waals surface area contributed by atoms with Crippen molar-refractivity contribution in [2.45, 2.75) is 12.3 Å². The van der Waals surface area contributed by atoms with Crippen molar-refractivity contribution >= 4 is 28.3 Å². The third-order valence-corrected chi connectivity index (χ3v) is 5.73. The number of halogens is 3. The van der Waals surface area contributed by atoms with Crippen LogP contribution >= 0.6 is 11.6 Å². The van der Waals surface area contributed by atoms with E-state index in [4.69, 9.17) is 16.3 Å². The van der Waals surface area contributed by atoms with Crippen LogP contribution in [0.15, 0.2) is 60.8 Å². The maximum absolute atomic E-state index is 13.8. The predicted molar refractivity (Wildman–Crippen MR) is 118 cm³/mol. The minimum absolute atomic E-state index is 0.171. The van der Waals surface area contributed by atoms with Crippen molar-refractivity contribution in [2.24, 2.45) is 0 Å². The second kappa shape index (κ2) is 7.50. The van der Waals surface area contributed by atoms with Gasteiger partial charge in [-0.2, -0.15) is 5.10 Å². The highest BCUT2D eigenvalue weighted by atomic mass is 35.5. The van der Waals surface area contributed by atoms with Gasteiger partial charge in [0.05, 0.1) is 36.6 Å². The lowest BCUT2D eigenvalue weighted by Crippen LogP contribution is -2.25. The van der Waals surface area contributed by atoms with Gasteiger partial charge in [0.1, 0.15) is 10.9 Å². The van der Waals surface area contributed by atoms with E-state index in [0.717, 1.165) is 22.6 Å². The molecule has 0 amide bonds. The van der Waals surface area contributed by atoms with E-state index in [0.29, 0.717) is 16.7 Å². The number of benzene rings is 2. The average Bonchev–Trinajstić information content (AvgIpc) is 3.36. The van der Waals surface area contributed by atoms with Crippen molar-refractivity contribution < 1.29 is 13.5 Å². The predicted octanol–water partition coefficient (Wildman–Crippen LogP) is 5.59. The normalized spacial score (nSPS) is 15.5. The first-order chi connectivity index (χ1) is 14.9. The number of nitrogens with zero attached hydrogens (tertiary/aromatic N) is 4. The van der Waals surface area contributed by atoms with Crippen molar-refractivity contribution in [3.63, 3.8) is 0 Å². The van der Waals surface area contributed by atoms with Crippen molar-refractivity contribution in [3.05, 3.63) is 65.9 Å². The Labute approximate surface area is 182 Å². The number of aromatic nitrogens is 3. The zero-order valence-corrected chi connectivity index (χ0v) is 17.5. The minimum atomic E-state index is -2.70. The van der Waals surface area contributed by atoms with Crippen molar-refractivity contribution in [3.8, 4) is 22.6 Å². The van der Waals surface area contributed by atoms with Crippen LogP contribution < -0.4 is 9.64 Å². The first-order valence-electron chi connectivity index (χ1n) is 9.85. The first kappa shape index (κ1) is 19.8. The Morgan fingerprint density at radius 1 is 1.03 bits per heavy atom. The monoisotopic (exact) mass is 440 g/mol. The van der Waals surface area contributed by atoms with Gasteiger partial charge in [0, 0.05) is 13.0 Å². The number of pyridine rings is 1. The van der Waals surface area contributed by atoms with Crippen LogP contribution in [0.25, 0.3) is 27.8 Å². The van der Waals surface area contributed by atoms with E-state index in [2.05, 4.69) is 10.1 Å². The van der Waals surface area contributed by atoms with E-state index in [-0.39, 0.29) is 24.7 Å². The molecular formula is C23H19ClF2N4O. The molecule has 2 aromatic carbocycles. The maximum atomic E-state index is 13.8. The Morgan fingerprint density at radius 2 is 1.71 bits per heavy atom. The summed E-state index contributed by atoms with van der Waals surface area (Å²) in [5.74, 6) is -1.90. The highest BCUT2D eigenvalue weighted by molar-refractivity contribution is 6.30. The molecule has 5 nitrogen and oxygen atoms in total. The molecule has 1 aliphatic heterocycles. The molecule has 0 atom stereocenters. The zero-order chi connectivity index (χ0) is 21.6. The molecule has 0 unspecified atom stereocenters. The molecule has 0 N–H and O–H groups in total. The van der Waals surface area contributed by atoms with Gasteiger partial charge in [-0.3, -0.25) is 0 Å². The smallest absolute Gasteiger partial charge is 0.266 e. The average molecular weight is 441 g/mol. The van der Waals surface area contributed by atoms with Crippen LogP contribution in [0.5, 0.6) is 5.75 Å². The Balaban J connectivity index is 1.50. The van der Waals surface area contributed by atoms with Gasteiger partial charge in [0.25, 0.3) is 5.92 Å². The number of fused-ring (bicyclic) bond motifs is 1. The summed E-state index contributed by atoms with van der Waals surface area (Å²) in [6.07, 6.45) is 1.48. The molecule has 3 heterocycles. The molecule has 0 saturated carbocycles. The lowest BCUT2D eigenvalue weighted by molar-refractivity contribution is 0.0257. The molecule has 1 saturated heterocycles. The van der Waals surface area contributed by atoms with Gasteiger partial charge in [-0.25, -0.2) is 18.4 Å². The highest BCUT2D eigenvalue weighted by Crippen LogP contribution is 2.36. The molecule has 158 valence electrons. The molecule has 1 fully saturated rings. The second-order valence-electron chi connectivity index (χ2n) is 7.56. The van der Waals surface area contributed by atoms with Crippen LogP contribution in [-0.2, 0) is 0 Å². The summed E-state index contributed by atoms with van der Waals surface area (Å²) >= 11 is 6.24. The zero-order valence-electron chi connectivity index (χ0n) is 16.7. The summed E-state index contributed by atoms with van der Waals surface area (Å²) in [6, 6.07) is 17.3. The van der Waals surface area contributed by atoms with Crippen molar-refractivity contribution in [2.75, 3.05) is 25.1 Å². The largest absolute Gasteiger partial charge is 0.497 e. The number of methoxy groups -OCH3 is 1. The van der Waals surface area contributed by atoms with E-state index >= 15 is 0 Å². The summed E-state index contributed by atoms with van der Waals surface area (Å²) in [4.78, 5) is 6.07. The first-order valence-corrected chi connectivity index (χ1v) is 10.2. The lowest BCUT2D eigenvalue weighted by Gasteiger charge is -2.19. The van der Waals surface area contributed by atoms with Crippen LogP contribution in [-0.4, -0.2) is 40.9 Å². The topological polar surface area (TPSA) is 43.2 Å². The van der Waals surface area contributed by atoms with Crippen LogP contribution in [0.2, 0.25) is 5.15 Å². The lowest BCUT2D eigenvalue weighted by atomic mass is 10.1. The van der Waals surface area contributed by atoms with Gasteiger partial charge < -0.3 is 9.64 Å². The summed E-state index contributed by atoms with van der Waals surface area (Å²) in [6.45, 7) is -0.0612. The molecule has 8 heteroatoms. The van der Waals surface area contributed by atoms with Gasteiger partial charge in [0.15, 0.2) is 5.65 Å². The van der Waals surface area contributed by atoms with Gasteiger partial charge >= 0.3 is 0 Å². The molecule has 0 bridgehead atoms.